The van der Waals surface area contributed by atoms with Crippen LogP contribution in [0.25, 0.3) is 10.9 Å². The number of benzene rings is 2. The number of hydrogen-bond acceptors (Lipinski definition) is 2. The van der Waals surface area contributed by atoms with Crippen molar-refractivity contribution in [3.8, 4) is 0 Å². The Kier molecular flexibility index (Phi) is 6.98. The zero-order valence-electron chi connectivity index (χ0n) is 15.1. The van der Waals surface area contributed by atoms with E-state index in [9.17, 15) is 9.90 Å². The van der Waals surface area contributed by atoms with Crippen molar-refractivity contribution < 1.29 is 27.6 Å². The number of halogens is 1. The van der Waals surface area contributed by atoms with Crippen molar-refractivity contribution >= 4 is 16.7 Å². The standard InChI is InChI=1S/C21H24N2O2.ClH/c1-15(21(25)16-8-4-3-5-9-16)22-13-12-20(24)18-14-23(2)19-11-7-6-10-17(18)19;/h3-11,14-15,21-22,25H,12-13H2,1-2H3;1H. The van der Waals surface area contributed by atoms with Crippen LogP contribution in [0.1, 0.15) is 35.4 Å². The number of para-hydroxylation sites is 1. The molecule has 0 aliphatic carbocycles. The lowest BCUT2D eigenvalue weighted by molar-refractivity contribution is -0.693. The van der Waals surface area contributed by atoms with Gasteiger partial charge in [-0.05, 0) is 18.6 Å². The van der Waals surface area contributed by atoms with E-state index >= 15 is 0 Å². The Labute approximate surface area is 160 Å². The van der Waals surface area contributed by atoms with Crippen molar-refractivity contribution in [2.45, 2.75) is 25.5 Å². The maximum Gasteiger partial charge on any atom is 0.170 e. The molecule has 0 spiro atoms. The van der Waals surface area contributed by atoms with Gasteiger partial charge in [-0.3, -0.25) is 4.79 Å². The van der Waals surface area contributed by atoms with Crippen molar-refractivity contribution in [1.82, 2.24) is 4.57 Å². The summed E-state index contributed by atoms with van der Waals surface area (Å²) < 4.78 is 1.99. The molecule has 1 heterocycles. The number of ketones is 1. The minimum absolute atomic E-state index is 0. The molecule has 5 heteroatoms. The number of carbonyl (C=O) groups is 1. The number of carbonyl (C=O) groups excluding carboxylic acids is 1. The Balaban J connectivity index is 0.00000243. The van der Waals surface area contributed by atoms with Gasteiger partial charge < -0.3 is 27.4 Å². The van der Waals surface area contributed by atoms with Gasteiger partial charge in [-0.15, -0.1) is 0 Å². The van der Waals surface area contributed by atoms with Crippen LogP contribution in [-0.4, -0.2) is 28.0 Å². The molecule has 3 N–H and O–H groups in total. The average Bonchev–Trinajstić information content (AvgIpc) is 2.99. The molecule has 0 saturated heterocycles. The highest BCUT2D eigenvalue weighted by Gasteiger charge is 2.20. The van der Waals surface area contributed by atoms with Crippen molar-refractivity contribution in [1.29, 1.82) is 0 Å². The Morgan fingerprint density at radius 3 is 2.50 bits per heavy atom. The largest absolute Gasteiger partial charge is 1.00 e. The fourth-order valence-corrected chi connectivity index (χ4v) is 3.26. The molecule has 0 bridgehead atoms. The van der Waals surface area contributed by atoms with Crippen LogP contribution < -0.4 is 17.7 Å². The van der Waals surface area contributed by atoms with Gasteiger partial charge in [0.15, 0.2) is 5.78 Å². The number of nitrogens with two attached hydrogens (primary N) is 1. The van der Waals surface area contributed by atoms with E-state index in [-0.39, 0.29) is 24.2 Å². The second-order valence-corrected chi connectivity index (χ2v) is 6.58. The third-order valence-electron chi connectivity index (χ3n) is 4.75. The van der Waals surface area contributed by atoms with E-state index in [1.807, 2.05) is 84.6 Å². The molecule has 2 atom stereocenters. The molecule has 26 heavy (non-hydrogen) atoms. The van der Waals surface area contributed by atoms with Gasteiger partial charge in [0.2, 0.25) is 0 Å². The minimum atomic E-state index is -0.533. The maximum atomic E-state index is 12.6. The number of aliphatic hydroxyl groups is 1. The van der Waals surface area contributed by atoms with Gasteiger partial charge >= 0.3 is 0 Å². The molecule has 2 aromatic carbocycles. The number of rotatable bonds is 7. The highest BCUT2D eigenvalue weighted by molar-refractivity contribution is 6.08. The molecule has 0 aliphatic rings. The molecule has 0 radical (unpaired) electrons. The summed E-state index contributed by atoms with van der Waals surface area (Å²) in [6.07, 6.45) is 1.84. The number of aliphatic hydroxyl groups excluding tert-OH is 1. The summed E-state index contributed by atoms with van der Waals surface area (Å²) in [4.78, 5) is 12.6. The average molecular weight is 373 g/mol. The smallest absolute Gasteiger partial charge is 0.170 e. The summed E-state index contributed by atoms with van der Waals surface area (Å²) in [7, 11) is 1.96. The normalized spacial score (nSPS) is 13.2. The first kappa shape index (κ1) is 20.2. The van der Waals surface area contributed by atoms with E-state index in [1.54, 1.807) is 0 Å². The van der Waals surface area contributed by atoms with Gasteiger partial charge in [0, 0.05) is 29.7 Å². The molecule has 0 saturated carbocycles. The number of Topliss-reactive ketones (excluding diaryl/α,β-unsaturated/α-hetero) is 1. The van der Waals surface area contributed by atoms with Crippen LogP contribution in [0.15, 0.2) is 60.8 Å². The number of quaternary nitrogens is 1. The van der Waals surface area contributed by atoms with Crippen LogP contribution in [0.5, 0.6) is 0 Å². The fraction of sp³-hybridized carbons (Fsp3) is 0.286. The van der Waals surface area contributed by atoms with Crippen molar-refractivity contribution in [2.24, 2.45) is 7.05 Å². The van der Waals surface area contributed by atoms with Gasteiger partial charge in [-0.2, -0.15) is 0 Å². The Morgan fingerprint density at radius 2 is 1.77 bits per heavy atom. The first-order valence-corrected chi connectivity index (χ1v) is 8.71. The molecule has 1 aromatic heterocycles. The van der Waals surface area contributed by atoms with Crippen molar-refractivity contribution in [3.63, 3.8) is 0 Å². The third-order valence-corrected chi connectivity index (χ3v) is 4.75. The Morgan fingerprint density at radius 1 is 1.12 bits per heavy atom. The molecule has 0 amide bonds. The van der Waals surface area contributed by atoms with Crippen LogP contribution in [-0.2, 0) is 7.05 Å². The molecule has 2 unspecified atom stereocenters. The van der Waals surface area contributed by atoms with Gasteiger partial charge in [-0.25, -0.2) is 0 Å². The summed E-state index contributed by atoms with van der Waals surface area (Å²) >= 11 is 0. The van der Waals surface area contributed by atoms with Crippen molar-refractivity contribution in [3.05, 3.63) is 71.9 Å². The summed E-state index contributed by atoms with van der Waals surface area (Å²) in [5.74, 6) is 0.148. The summed E-state index contributed by atoms with van der Waals surface area (Å²) in [6.45, 7) is 2.65. The molecule has 0 aliphatic heterocycles. The summed E-state index contributed by atoms with van der Waals surface area (Å²) in [5.41, 5.74) is 2.76. The van der Waals surface area contributed by atoms with Crippen LogP contribution >= 0.6 is 0 Å². The van der Waals surface area contributed by atoms with Gasteiger partial charge in [0.25, 0.3) is 0 Å². The molecule has 4 nitrogen and oxygen atoms in total. The third kappa shape index (κ3) is 4.33. The molecule has 0 fully saturated rings. The lowest BCUT2D eigenvalue weighted by atomic mass is 10.0. The van der Waals surface area contributed by atoms with Gasteiger partial charge in [0.1, 0.15) is 12.1 Å². The molecule has 3 rings (SSSR count). The van der Waals surface area contributed by atoms with E-state index in [2.05, 4.69) is 0 Å². The van der Waals surface area contributed by atoms with E-state index in [0.29, 0.717) is 13.0 Å². The highest BCUT2D eigenvalue weighted by Crippen LogP contribution is 2.21. The van der Waals surface area contributed by atoms with Crippen LogP contribution in [0.4, 0.5) is 0 Å². The second-order valence-electron chi connectivity index (χ2n) is 6.58. The fourth-order valence-electron chi connectivity index (χ4n) is 3.26. The maximum absolute atomic E-state index is 12.6. The van der Waals surface area contributed by atoms with E-state index in [4.69, 9.17) is 0 Å². The number of aryl methyl sites for hydroxylation is 1. The van der Waals surface area contributed by atoms with E-state index < -0.39 is 6.10 Å². The second kappa shape index (κ2) is 8.99. The number of fused-ring (bicyclic) bond motifs is 1. The van der Waals surface area contributed by atoms with Crippen molar-refractivity contribution in [2.75, 3.05) is 6.54 Å². The number of aromatic nitrogens is 1. The van der Waals surface area contributed by atoms with Crippen LogP contribution in [0.2, 0.25) is 0 Å². The highest BCUT2D eigenvalue weighted by atomic mass is 35.5. The monoisotopic (exact) mass is 372 g/mol. The predicted octanol–water partition coefficient (Wildman–Crippen LogP) is -0.559. The number of hydrogen-bond donors (Lipinski definition) is 2. The zero-order valence-corrected chi connectivity index (χ0v) is 15.9. The van der Waals surface area contributed by atoms with E-state index in [1.165, 1.54) is 0 Å². The SMILES string of the molecule is CC([NH2+]CCC(=O)c1cn(C)c2ccccc12)C(O)c1ccccc1.[Cl-]. The Bertz CT molecular complexity index is 861. The zero-order chi connectivity index (χ0) is 17.8. The topological polar surface area (TPSA) is 58.8 Å². The predicted molar refractivity (Wildman–Crippen MR) is 99.5 cm³/mol. The van der Waals surface area contributed by atoms with Crippen LogP contribution in [0, 0.1) is 0 Å². The first-order valence-electron chi connectivity index (χ1n) is 8.71. The first-order chi connectivity index (χ1) is 12.1. The van der Waals surface area contributed by atoms with Gasteiger partial charge in [0.05, 0.1) is 13.0 Å². The molecule has 138 valence electrons. The van der Waals surface area contributed by atoms with Gasteiger partial charge in [-0.1, -0.05) is 48.5 Å². The lowest BCUT2D eigenvalue weighted by Gasteiger charge is -2.17. The Hall–Kier alpha value is -2.14. The number of nitrogens with zero attached hydrogens (tertiary/aromatic N) is 1. The molecule has 3 aromatic rings. The van der Waals surface area contributed by atoms with Crippen LogP contribution in [0.3, 0.4) is 0 Å². The summed E-state index contributed by atoms with van der Waals surface area (Å²) in [5, 5.41) is 13.4. The lowest BCUT2D eigenvalue weighted by Crippen LogP contribution is -3.00. The summed E-state index contributed by atoms with van der Waals surface area (Å²) in [6, 6.07) is 17.6. The molecular formula is C21H25ClN2O2. The molecular weight excluding hydrogens is 348 g/mol. The van der Waals surface area contributed by atoms with E-state index in [0.717, 1.165) is 22.0 Å². The minimum Gasteiger partial charge on any atom is -1.00 e. The quantitative estimate of drug-likeness (QED) is 0.546.